The number of hydrogen-bond acceptors (Lipinski definition) is 4. The van der Waals surface area contributed by atoms with Crippen molar-refractivity contribution in [3.05, 3.63) is 17.8 Å². The van der Waals surface area contributed by atoms with Gasteiger partial charge in [-0.1, -0.05) is 6.92 Å². The van der Waals surface area contributed by atoms with Gasteiger partial charge in [-0.2, -0.15) is 0 Å². The first-order chi connectivity index (χ1) is 7.13. The van der Waals surface area contributed by atoms with Gasteiger partial charge in [-0.3, -0.25) is 0 Å². The van der Waals surface area contributed by atoms with E-state index in [9.17, 15) is 5.11 Å². The molecule has 0 amide bonds. The molecular weight excluding hydrogens is 190 g/mol. The average molecular weight is 209 g/mol. The Morgan fingerprint density at radius 3 is 2.93 bits per heavy atom. The zero-order valence-electron chi connectivity index (χ0n) is 9.33. The van der Waals surface area contributed by atoms with Gasteiger partial charge >= 0.3 is 0 Å². The smallest absolute Gasteiger partial charge is 0.149 e. The van der Waals surface area contributed by atoms with E-state index in [2.05, 4.69) is 10.3 Å². The topological polar surface area (TPSA) is 71.2 Å². The molecule has 0 aliphatic heterocycles. The Morgan fingerprint density at radius 2 is 2.33 bits per heavy atom. The third kappa shape index (κ3) is 3.75. The summed E-state index contributed by atoms with van der Waals surface area (Å²) in [6, 6.07) is 1.88. The number of rotatable bonds is 5. The maximum Gasteiger partial charge on any atom is 0.149 e. The normalized spacial score (nSPS) is 12.5. The van der Waals surface area contributed by atoms with E-state index < -0.39 is 0 Å². The second-order valence-corrected chi connectivity index (χ2v) is 3.73. The highest BCUT2D eigenvalue weighted by Crippen LogP contribution is 2.15. The van der Waals surface area contributed by atoms with Crippen molar-refractivity contribution in [2.24, 2.45) is 0 Å². The minimum Gasteiger partial charge on any atom is -0.396 e. The van der Waals surface area contributed by atoms with Crippen molar-refractivity contribution < 1.29 is 5.11 Å². The van der Waals surface area contributed by atoms with Gasteiger partial charge in [-0.05, 0) is 31.4 Å². The molecule has 1 unspecified atom stereocenters. The number of pyridine rings is 1. The van der Waals surface area contributed by atoms with E-state index in [0.29, 0.717) is 24.5 Å². The van der Waals surface area contributed by atoms with Crippen LogP contribution >= 0.6 is 0 Å². The van der Waals surface area contributed by atoms with Gasteiger partial charge in [0.2, 0.25) is 0 Å². The molecule has 1 aromatic rings. The summed E-state index contributed by atoms with van der Waals surface area (Å²) in [5.74, 6) is 0.698. The van der Waals surface area contributed by atoms with Gasteiger partial charge in [0.15, 0.2) is 0 Å². The van der Waals surface area contributed by atoms with E-state index in [4.69, 9.17) is 5.73 Å². The van der Waals surface area contributed by atoms with Crippen LogP contribution in [0.2, 0.25) is 0 Å². The van der Waals surface area contributed by atoms with Gasteiger partial charge in [0, 0.05) is 12.7 Å². The molecule has 4 heteroatoms. The summed E-state index contributed by atoms with van der Waals surface area (Å²) in [7, 11) is 0. The van der Waals surface area contributed by atoms with Crippen molar-refractivity contribution in [1.82, 2.24) is 4.98 Å². The molecule has 1 rings (SSSR count). The summed E-state index contributed by atoms with van der Waals surface area (Å²) >= 11 is 0. The van der Waals surface area contributed by atoms with Gasteiger partial charge in [0.25, 0.3) is 0 Å². The number of aryl methyl sites for hydroxylation is 1. The maximum atomic E-state index is 9.36. The first kappa shape index (κ1) is 11.8. The van der Waals surface area contributed by atoms with Gasteiger partial charge in [0.05, 0.1) is 11.8 Å². The molecule has 4 N–H and O–H groups in total. The molecule has 0 bridgehead atoms. The summed E-state index contributed by atoms with van der Waals surface area (Å²) in [4.78, 5) is 4.18. The van der Waals surface area contributed by atoms with Crippen molar-refractivity contribution in [3.63, 3.8) is 0 Å². The van der Waals surface area contributed by atoms with Crippen molar-refractivity contribution in [1.29, 1.82) is 0 Å². The molecular formula is C11H19N3O. The average Bonchev–Trinajstić information content (AvgIpc) is 2.21. The number of anilines is 2. The van der Waals surface area contributed by atoms with Crippen molar-refractivity contribution in [3.8, 4) is 0 Å². The molecule has 0 spiro atoms. The Balaban J connectivity index is 2.44. The highest BCUT2D eigenvalue weighted by atomic mass is 16.3. The van der Waals surface area contributed by atoms with Crippen LogP contribution in [-0.4, -0.2) is 22.7 Å². The summed E-state index contributed by atoms with van der Waals surface area (Å²) < 4.78 is 0. The van der Waals surface area contributed by atoms with Crippen LogP contribution in [0.15, 0.2) is 12.3 Å². The van der Waals surface area contributed by atoms with E-state index >= 15 is 0 Å². The third-order valence-corrected chi connectivity index (χ3v) is 2.30. The molecule has 0 saturated carbocycles. The number of hydrogen-bond donors (Lipinski definition) is 3. The summed E-state index contributed by atoms with van der Waals surface area (Å²) in [6.07, 6.45) is 3.02. The van der Waals surface area contributed by atoms with E-state index in [0.717, 1.165) is 12.0 Å². The lowest BCUT2D eigenvalue weighted by Crippen LogP contribution is -2.13. The fourth-order valence-corrected chi connectivity index (χ4v) is 1.30. The second-order valence-electron chi connectivity index (χ2n) is 3.73. The van der Waals surface area contributed by atoms with Crippen LogP contribution in [0.3, 0.4) is 0 Å². The predicted octanol–water partition coefficient (Wildman–Crippen LogP) is 1.55. The van der Waals surface area contributed by atoms with Crippen LogP contribution in [0.25, 0.3) is 0 Å². The number of nitrogens with two attached hydrogens (primary N) is 1. The number of aliphatic hydroxyl groups is 1. The fourth-order valence-electron chi connectivity index (χ4n) is 1.30. The van der Waals surface area contributed by atoms with E-state index in [1.54, 1.807) is 6.20 Å². The van der Waals surface area contributed by atoms with Crippen LogP contribution in [0.1, 0.15) is 25.3 Å². The lowest BCUT2D eigenvalue weighted by Gasteiger charge is -2.11. The number of nitrogens with one attached hydrogen (secondary N) is 1. The third-order valence-electron chi connectivity index (χ3n) is 2.30. The first-order valence-corrected chi connectivity index (χ1v) is 5.27. The summed E-state index contributed by atoms with van der Waals surface area (Å²) in [5, 5.41) is 12.5. The Morgan fingerprint density at radius 1 is 1.60 bits per heavy atom. The second kappa shape index (κ2) is 5.56. The minimum atomic E-state index is -0.246. The molecule has 0 aliphatic carbocycles. The number of aliphatic hydroxyl groups excluding tert-OH is 1. The molecule has 0 radical (unpaired) electrons. The Kier molecular flexibility index (Phi) is 4.37. The van der Waals surface area contributed by atoms with E-state index in [1.807, 2.05) is 19.9 Å². The minimum absolute atomic E-state index is 0.246. The van der Waals surface area contributed by atoms with Gasteiger partial charge < -0.3 is 16.2 Å². The van der Waals surface area contributed by atoms with Gasteiger partial charge in [-0.15, -0.1) is 0 Å². The molecule has 1 aromatic heterocycles. The maximum absolute atomic E-state index is 9.36. The Hall–Kier alpha value is -1.29. The standard InChI is InChI=1S/C11H19N3O/c1-3-9(15)4-5-13-11-10(12)6-8(2)7-14-11/h6-7,9,15H,3-5,12H2,1-2H3,(H,13,14). The molecule has 1 atom stereocenters. The Bertz CT molecular complexity index is 315. The van der Waals surface area contributed by atoms with Crippen LogP contribution in [0.4, 0.5) is 11.5 Å². The summed E-state index contributed by atoms with van der Waals surface area (Å²) in [5.41, 5.74) is 7.48. The molecule has 15 heavy (non-hydrogen) atoms. The Labute approximate surface area is 90.5 Å². The lowest BCUT2D eigenvalue weighted by molar-refractivity contribution is 0.164. The molecule has 0 aromatic carbocycles. The van der Waals surface area contributed by atoms with Crippen LogP contribution in [-0.2, 0) is 0 Å². The zero-order valence-corrected chi connectivity index (χ0v) is 9.33. The highest BCUT2D eigenvalue weighted by molar-refractivity contribution is 5.61. The van der Waals surface area contributed by atoms with Gasteiger partial charge in [0.1, 0.15) is 5.82 Å². The van der Waals surface area contributed by atoms with Crippen LogP contribution in [0.5, 0.6) is 0 Å². The van der Waals surface area contributed by atoms with E-state index in [1.165, 1.54) is 0 Å². The van der Waals surface area contributed by atoms with Gasteiger partial charge in [-0.25, -0.2) is 4.98 Å². The van der Waals surface area contributed by atoms with Crippen molar-refractivity contribution in [2.75, 3.05) is 17.6 Å². The molecule has 1 heterocycles. The number of nitrogens with zero attached hydrogens (tertiary/aromatic N) is 1. The van der Waals surface area contributed by atoms with Crippen molar-refractivity contribution in [2.45, 2.75) is 32.8 Å². The zero-order chi connectivity index (χ0) is 11.3. The largest absolute Gasteiger partial charge is 0.396 e. The van der Waals surface area contributed by atoms with Crippen molar-refractivity contribution >= 4 is 11.5 Å². The lowest BCUT2D eigenvalue weighted by atomic mass is 10.2. The quantitative estimate of drug-likeness (QED) is 0.688. The predicted molar refractivity (Wildman–Crippen MR) is 62.8 cm³/mol. The number of nitrogen functional groups attached to an aromatic ring is 1. The molecule has 0 saturated heterocycles. The molecule has 4 nitrogen and oxygen atoms in total. The molecule has 0 aliphatic rings. The first-order valence-electron chi connectivity index (χ1n) is 5.27. The highest BCUT2D eigenvalue weighted by Gasteiger charge is 2.02. The van der Waals surface area contributed by atoms with Crippen LogP contribution in [0, 0.1) is 6.92 Å². The number of aromatic nitrogens is 1. The van der Waals surface area contributed by atoms with E-state index in [-0.39, 0.29) is 6.10 Å². The SMILES string of the molecule is CCC(O)CCNc1ncc(C)cc1N. The molecule has 0 fully saturated rings. The summed E-state index contributed by atoms with van der Waals surface area (Å²) in [6.45, 7) is 4.60. The molecule has 84 valence electrons. The monoisotopic (exact) mass is 209 g/mol. The fraction of sp³-hybridized carbons (Fsp3) is 0.545. The van der Waals surface area contributed by atoms with Crippen LogP contribution < -0.4 is 11.1 Å².